The summed E-state index contributed by atoms with van der Waals surface area (Å²) in [6.07, 6.45) is 1.74. The summed E-state index contributed by atoms with van der Waals surface area (Å²) in [5.74, 6) is 0.697. The molecule has 1 aliphatic rings. The predicted octanol–water partition coefficient (Wildman–Crippen LogP) is 3.28. The number of rotatable bonds is 4. The minimum atomic E-state index is 0. The van der Waals surface area contributed by atoms with Crippen LogP contribution < -0.4 is 5.32 Å². The zero-order chi connectivity index (χ0) is 13.8. The van der Waals surface area contributed by atoms with E-state index >= 15 is 0 Å². The van der Waals surface area contributed by atoms with Gasteiger partial charge in [-0.05, 0) is 50.0 Å². The Morgan fingerprint density at radius 3 is 2.90 bits per heavy atom. The van der Waals surface area contributed by atoms with Gasteiger partial charge in [-0.1, -0.05) is 23.7 Å². The molecule has 0 spiro atoms. The minimum absolute atomic E-state index is 0. The maximum Gasteiger partial charge on any atom is 0.223 e. The summed E-state index contributed by atoms with van der Waals surface area (Å²) in [5.41, 5.74) is 1.08. The Kier molecular flexibility index (Phi) is 6.80. The highest BCUT2D eigenvalue weighted by Crippen LogP contribution is 2.23. The van der Waals surface area contributed by atoms with Crippen molar-refractivity contribution in [1.82, 2.24) is 10.2 Å². The van der Waals surface area contributed by atoms with Crippen LogP contribution in [-0.2, 0) is 4.79 Å². The van der Waals surface area contributed by atoms with E-state index < -0.39 is 0 Å². The Bertz CT molecular complexity index is 447. The molecule has 2 unspecified atom stereocenters. The fraction of sp³-hybridized carbons (Fsp3) is 0.533. The summed E-state index contributed by atoms with van der Waals surface area (Å²) in [7, 11) is 1.87. The van der Waals surface area contributed by atoms with Crippen LogP contribution in [0.1, 0.15) is 31.4 Å². The number of carbonyl (C=O) groups is 1. The summed E-state index contributed by atoms with van der Waals surface area (Å²) >= 11 is 6.00. The highest BCUT2D eigenvalue weighted by molar-refractivity contribution is 6.30. The lowest BCUT2D eigenvalue weighted by Crippen LogP contribution is -2.31. The van der Waals surface area contributed by atoms with Crippen LogP contribution in [0.25, 0.3) is 0 Å². The van der Waals surface area contributed by atoms with Crippen molar-refractivity contribution in [3.05, 3.63) is 34.9 Å². The normalized spacial score (nSPS) is 19.2. The smallest absolute Gasteiger partial charge is 0.223 e. The van der Waals surface area contributed by atoms with Crippen LogP contribution in [0.5, 0.6) is 0 Å². The van der Waals surface area contributed by atoms with E-state index in [-0.39, 0.29) is 24.4 Å². The fourth-order valence-corrected chi connectivity index (χ4v) is 2.68. The molecule has 1 amide bonds. The summed E-state index contributed by atoms with van der Waals surface area (Å²) in [5, 5.41) is 4.01. The fourth-order valence-electron chi connectivity index (χ4n) is 2.49. The summed E-state index contributed by atoms with van der Waals surface area (Å²) in [6.45, 7) is 4.03. The lowest BCUT2D eigenvalue weighted by atomic mass is 10.0. The highest BCUT2D eigenvalue weighted by Gasteiger charge is 2.23. The van der Waals surface area contributed by atoms with E-state index in [0.717, 1.165) is 25.1 Å². The van der Waals surface area contributed by atoms with Crippen molar-refractivity contribution in [3.63, 3.8) is 0 Å². The van der Waals surface area contributed by atoms with Gasteiger partial charge in [-0.2, -0.15) is 0 Å². The minimum Gasteiger partial charge on any atom is -0.339 e. The van der Waals surface area contributed by atoms with Crippen LogP contribution in [0.3, 0.4) is 0 Å². The third-order valence-corrected chi connectivity index (χ3v) is 4.17. The lowest BCUT2D eigenvalue weighted by Gasteiger charge is -2.26. The van der Waals surface area contributed by atoms with Crippen molar-refractivity contribution in [1.29, 1.82) is 0 Å². The molecule has 1 aliphatic heterocycles. The van der Waals surface area contributed by atoms with Crippen molar-refractivity contribution in [3.8, 4) is 0 Å². The molecule has 2 atom stereocenters. The quantitative estimate of drug-likeness (QED) is 0.924. The Morgan fingerprint density at radius 1 is 1.55 bits per heavy atom. The average molecular weight is 317 g/mol. The van der Waals surface area contributed by atoms with Gasteiger partial charge in [0, 0.05) is 18.5 Å². The van der Waals surface area contributed by atoms with Gasteiger partial charge >= 0.3 is 0 Å². The van der Waals surface area contributed by atoms with Gasteiger partial charge in [-0.3, -0.25) is 4.79 Å². The van der Waals surface area contributed by atoms with Crippen LogP contribution in [0, 0.1) is 5.92 Å². The monoisotopic (exact) mass is 316 g/mol. The van der Waals surface area contributed by atoms with E-state index in [9.17, 15) is 4.79 Å². The Morgan fingerprint density at radius 2 is 2.30 bits per heavy atom. The van der Waals surface area contributed by atoms with Crippen molar-refractivity contribution >= 4 is 29.9 Å². The topological polar surface area (TPSA) is 32.3 Å². The van der Waals surface area contributed by atoms with Crippen LogP contribution >= 0.6 is 24.0 Å². The highest BCUT2D eigenvalue weighted by atomic mass is 35.5. The first kappa shape index (κ1) is 17.3. The number of hydrogen-bond donors (Lipinski definition) is 1. The lowest BCUT2D eigenvalue weighted by molar-refractivity contribution is -0.132. The summed E-state index contributed by atoms with van der Waals surface area (Å²) in [4.78, 5) is 14.1. The van der Waals surface area contributed by atoms with E-state index in [1.807, 2.05) is 43.1 Å². The summed E-state index contributed by atoms with van der Waals surface area (Å²) in [6, 6.07) is 7.77. The van der Waals surface area contributed by atoms with Crippen molar-refractivity contribution < 1.29 is 4.79 Å². The molecule has 0 saturated carbocycles. The van der Waals surface area contributed by atoms with Gasteiger partial charge in [-0.15, -0.1) is 12.4 Å². The zero-order valence-electron chi connectivity index (χ0n) is 11.9. The van der Waals surface area contributed by atoms with Gasteiger partial charge < -0.3 is 10.2 Å². The van der Waals surface area contributed by atoms with E-state index in [2.05, 4.69) is 5.32 Å². The van der Waals surface area contributed by atoms with Gasteiger partial charge in [0.15, 0.2) is 0 Å². The third-order valence-electron chi connectivity index (χ3n) is 3.93. The second kappa shape index (κ2) is 7.87. The van der Waals surface area contributed by atoms with Gasteiger partial charge in [0.05, 0.1) is 6.04 Å². The standard InChI is InChI=1S/C15H21ClN2O.ClH/c1-11(13-4-3-5-14(16)9-13)18(2)15(19)8-12-6-7-17-10-12;/h3-5,9,11-12,17H,6-8,10H2,1-2H3;1H. The maximum absolute atomic E-state index is 12.3. The van der Waals surface area contributed by atoms with Gasteiger partial charge in [0.1, 0.15) is 0 Å². The number of hydrogen-bond acceptors (Lipinski definition) is 2. The predicted molar refractivity (Wildman–Crippen MR) is 85.5 cm³/mol. The van der Waals surface area contributed by atoms with E-state index in [0.29, 0.717) is 17.4 Å². The molecule has 0 bridgehead atoms. The molecule has 1 aromatic carbocycles. The zero-order valence-corrected chi connectivity index (χ0v) is 13.5. The number of halogens is 2. The number of nitrogens with zero attached hydrogens (tertiary/aromatic N) is 1. The molecule has 0 radical (unpaired) electrons. The van der Waals surface area contributed by atoms with Gasteiger partial charge in [0.25, 0.3) is 0 Å². The molecule has 1 heterocycles. The molecular weight excluding hydrogens is 295 g/mol. The second-order valence-electron chi connectivity index (χ2n) is 5.30. The molecule has 112 valence electrons. The van der Waals surface area contributed by atoms with Crippen LogP contribution in [0.2, 0.25) is 5.02 Å². The molecule has 1 fully saturated rings. The Hall–Kier alpha value is -0.770. The van der Waals surface area contributed by atoms with Crippen molar-refractivity contribution in [2.75, 3.05) is 20.1 Å². The molecule has 5 heteroatoms. The largest absolute Gasteiger partial charge is 0.339 e. The number of amides is 1. The van der Waals surface area contributed by atoms with Crippen molar-refractivity contribution in [2.24, 2.45) is 5.92 Å². The molecule has 2 rings (SSSR count). The average Bonchev–Trinajstić information content (AvgIpc) is 2.89. The van der Waals surface area contributed by atoms with Crippen LogP contribution in [0.15, 0.2) is 24.3 Å². The first-order chi connectivity index (χ1) is 9.08. The second-order valence-corrected chi connectivity index (χ2v) is 5.74. The molecule has 0 aromatic heterocycles. The molecular formula is C15H22Cl2N2O. The van der Waals surface area contributed by atoms with Crippen LogP contribution in [-0.4, -0.2) is 30.9 Å². The van der Waals surface area contributed by atoms with Crippen molar-refractivity contribution in [2.45, 2.75) is 25.8 Å². The first-order valence-corrected chi connectivity index (χ1v) is 7.17. The Balaban J connectivity index is 0.00000200. The molecule has 1 aromatic rings. The molecule has 1 N–H and O–H groups in total. The summed E-state index contributed by atoms with van der Waals surface area (Å²) < 4.78 is 0. The maximum atomic E-state index is 12.3. The van der Waals surface area contributed by atoms with Crippen LogP contribution in [0.4, 0.5) is 0 Å². The van der Waals surface area contributed by atoms with E-state index in [1.165, 1.54) is 0 Å². The van der Waals surface area contributed by atoms with E-state index in [4.69, 9.17) is 11.6 Å². The number of benzene rings is 1. The Labute approximate surface area is 132 Å². The van der Waals surface area contributed by atoms with E-state index in [1.54, 1.807) is 0 Å². The van der Waals surface area contributed by atoms with Gasteiger partial charge in [-0.25, -0.2) is 0 Å². The molecule has 20 heavy (non-hydrogen) atoms. The molecule has 1 saturated heterocycles. The number of nitrogens with one attached hydrogen (secondary N) is 1. The molecule has 0 aliphatic carbocycles. The third kappa shape index (κ3) is 4.37. The molecule has 3 nitrogen and oxygen atoms in total. The van der Waals surface area contributed by atoms with Gasteiger partial charge in [0.2, 0.25) is 5.91 Å². The SMILES string of the molecule is CC(c1cccc(Cl)c1)N(C)C(=O)CC1CCNC1.Cl. The number of carbonyl (C=O) groups excluding carboxylic acids is 1. The first-order valence-electron chi connectivity index (χ1n) is 6.79.